The third kappa shape index (κ3) is 1.89. The first-order valence-corrected chi connectivity index (χ1v) is 7.14. The van der Waals surface area contributed by atoms with E-state index in [4.69, 9.17) is 4.98 Å². The Morgan fingerprint density at radius 1 is 1.30 bits per heavy atom. The molecule has 0 saturated carbocycles. The number of carboxylic acid groups (broad SMARTS) is 1. The Bertz CT molecular complexity index is 719. The van der Waals surface area contributed by atoms with E-state index < -0.39 is 5.97 Å². The number of hydrogen-bond acceptors (Lipinski definition) is 2. The van der Waals surface area contributed by atoms with Crippen LogP contribution in [0.3, 0.4) is 0 Å². The van der Waals surface area contributed by atoms with Gasteiger partial charge in [-0.2, -0.15) is 0 Å². The molecular weight excluding hydrogens is 250 g/mol. The third-order valence-corrected chi connectivity index (χ3v) is 4.38. The topological polar surface area (TPSA) is 50.2 Å². The summed E-state index contributed by atoms with van der Waals surface area (Å²) in [6.07, 6.45) is 2.81. The number of hydrogen-bond donors (Lipinski definition) is 1. The van der Waals surface area contributed by atoms with Crippen molar-refractivity contribution in [1.29, 1.82) is 0 Å². The van der Waals surface area contributed by atoms with Crippen molar-refractivity contribution in [2.24, 2.45) is 5.92 Å². The fraction of sp³-hybridized carbons (Fsp3) is 0.412. The summed E-state index contributed by atoms with van der Waals surface area (Å²) in [7, 11) is 0. The summed E-state index contributed by atoms with van der Waals surface area (Å²) in [5, 5.41) is 10.5. The summed E-state index contributed by atoms with van der Waals surface area (Å²) < 4.78 is 0. The molecule has 1 aliphatic rings. The number of benzene rings is 1. The molecule has 1 N–H and O–H groups in total. The van der Waals surface area contributed by atoms with Gasteiger partial charge in [0, 0.05) is 11.1 Å². The molecule has 3 rings (SSSR count). The molecule has 0 saturated heterocycles. The molecule has 104 valence electrons. The van der Waals surface area contributed by atoms with E-state index in [1.807, 2.05) is 26.0 Å². The highest BCUT2D eigenvalue weighted by Crippen LogP contribution is 2.34. The molecule has 1 unspecified atom stereocenters. The second-order valence-corrected chi connectivity index (χ2v) is 5.99. The van der Waals surface area contributed by atoms with Crippen molar-refractivity contribution < 1.29 is 9.90 Å². The SMILES string of the molecule is Cc1ccc(C)c2c(C(=O)O)c3c(nc12)CCC(C)C3. The zero-order chi connectivity index (χ0) is 14.4. The lowest BCUT2D eigenvalue weighted by molar-refractivity contribution is 0.0697. The van der Waals surface area contributed by atoms with Crippen molar-refractivity contribution in [3.63, 3.8) is 0 Å². The smallest absolute Gasteiger partial charge is 0.336 e. The zero-order valence-corrected chi connectivity index (χ0v) is 12.2. The van der Waals surface area contributed by atoms with E-state index in [-0.39, 0.29) is 0 Å². The average Bonchev–Trinajstić information content (AvgIpc) is 2.40. The van der Waals surface area contributed by atoms with Crippen molar-refractivity contribution in [1.82, 2.24) is 4.98 Å². The fourth-order valence-corrected chi connectivity index (χ4v) is 3.25. The molecular formula is C17H19NO2. The first-order chi connectivity index (χ1) is 9.49. The number of rotatable bonds is 1. The Hall–Kier alpha value is -1.90. The van der Waals surface area contributed by atoms with Gasteiger partial charge in [-0.15, -0.1) is 0 Å². The number of aromatic carboxylic acids is 1. The molecule has 3 nitrogen and oxygen atoms in total. The Morgan fingerprint density at radius 2 is 2.00 bits per heavy atom. The average molecular weight is 269 g/mol. The van der Waals surface area contributed by atoms with Gasteiger partial charge in [0.05, 0.1) is 11.1 Å². The maximum absolute atomic E-state index is 11.8. The van der Waals surface area contributed by atoms with Gasteiger partial charge >= 0.3 is 5.97 Å². The molecule has 2 aromatic rings. The molecule has 1 heterocycles. The Labute approximate surface area is 118 Å². The molecule has 1 aromatic carbocycles. The molecule has 0 spiro atoms. The molecule has 0 amide bonds. The number of nitrogens with zero attached hydrogens (tertiary/aromatic N) is 1. The van der Waals surface area contributed by atoms with E-state index in [0.717, 1.165) is 52.5 Å². The minimum Gasteiger partial charge on any atom is -0.478 e. The number of carbonyl (C=O) groups is 1. The standard InChI is InChI=1S/C17H19NO2/c1-9-4-7-13-12(8-9)15(17(19)20)14-10(2)5-6-11(3)16(14)18-13/h5-6,9H,4,7-8H2,1-3H3,(H,19,20). The van der Waals surface area contributed by atoms with Gasteiger partial charge in [0.15, 0.2) is 0 Å². The highest BCUT2D eigenvalue weighted by Gasteiger charge is 2.26. The number of aryl methyl sites for hydroxylation is 3. The van der Waals surface area contributed by atoms with Gasteiger partial charge in [0.1, 0.15) is 0 Å². The Balaban J connectivity index is 2.46. The first-order valence-electron chi connectivity index (χ1n) is 7.14. The van der Waals surface area contributed by atoms with Crippen LogP contribution in [0.2, 0.25) is 0 Å². The molecule has 20 heavy (non-hydrogen) atoms. The number of pyridine rings is 1. The highest BCUT2D eigenvalue weighted by molar-refractivity contribution is 6.06. The van der Waals surface area contributed by atoms with Crippen LogP contribution in [-0.2, 0) is 12.8 Å². The largest absolute Gasteiger partial charge is 0.478 e. The third-order valence-electron chi connectivity index (χ3n) is 4.38. The zero-order valence-electron chi connectivity index (χ0n) is 12.2. The van der Waals surface area contributed by atoms with Crippen LogP contribution in [0.25, 0.3) is 10.9 Å². The molecule has 3 heteroatoms. The summed E-state index contributed by atoms with van der Waals surface area (Å²) in [5.74, 6) is -0.290. The number of carboxylic acids is 1. The number of aromatic nitrogens is 1. The van der Waals surface area contributed by atoms with E-state index in [1.165, 1.54) is 0 Å². The normalized spacial score (nSPS) is 18.1. The van der Waals surface area contributed by atoms with Crippen molar-refractivity contribution in [3.05, 3.63) is 40.1 Å². The maximum Gasteiger partial charge on any atom is 0.336 e. The monoisotopic (exact) mass is 269 g/mol. The van der Waals surface area contributed by atoms with E-state index in [9.17, 15) is 9.90 Å². The molecule has 0 fully saturated rings. The van der Waals surface area contributed by atoms with E-state index in [0.29, 0.717) is 11.5 Å². The fourth-order valence-electron chi connectivity index (χ4n) is 3.25. The van der Waals surface area contributed by atoms with Crippen LogP contribution < -0.4 is 0 Å². The van der Waals surface area contributed by atoms with Crippen LogP contribution in [-0.4, -0.2) is 16.1 Å². The van der Waals surface area contributed by atoms with Gasteiger partial charge in [0.25, 0.3) is 0 Å². The van der Waals surface area contributed by atoms with Crippen molar-refractivity contribution in [2.45, 2.75) is 40.0 Å². The second kappa shape index (κ2) is 4.58. The first kappa shape index (κ1) is 13.1. The maximum atomic E-state index is 11.8. The second-order valence-electron chi connectivity index (χ2n) is 5.99. The molecule has 1 aromatic heterocycles. The van der Waals surface area contributed by atoms with E-state index in [2.05, 4.69) is 6.92 Å². The van der Waals surface area contributed by atoms with Gasteiger partial charge in [-0.05, 0) is 55.7 Å². The minimum atomic E-state index is -0.823. The molecule has 1 atom stereocenters. The van der Waals surface area contributed by atoms with E-state index >= 15 is 0 Å². The van der Waals surface area contributed by atoms with Crippen LogP contribution in [0, 0.1) is 19.8 Å². The van der Waals surface area contributed by atoms with Crippen LogP contribution >= 0.6 is 0 Å². The van der Waals surface area contributed by atoms with Gasteiger partial charge in [0.2, 0.25) is 0 Å². The summed E-state index contributed by atoms with van der Waals surface area (Å²) in [6, 6.07) is 4.01. The Morgan fingerprint density at radius 3 is 2.70 bits per heavy atom. The predicted octanol–water partition coefficient (Wildman–Crippen LogP) is 3.67. The van der Waals surface area contributed by atoms with Crippen LogP contribution in [0.1, 0.15) is 46.1 Å². The van der Waals surface area contributed by atoms with E-state index in [1.54, 1.807) is 0 Å². The molecule has 0 radical (unpaired) electrons. The van der Waals surface area contributed by atoms with Crippen molar-refractivity contribution in [3.8, 4) is 0 Å². The number of fused-ring (bicyclic) bond motifs is 2. The summed E-state index contributed by atoms with van der Waals surface area (Å²) >= 11 is 0. The summed E-state index contributed by atoms with van der Waals surface area (Å²) in [4.78, 5) is 16.6. The van der Waals surface area contributed by atoms with Crippen molar-refractivity contribution >= 4 is 16.9 Å². The van der Waals surface area contributed by atoms with Crippen LogP contribution in [0.5, 0.6) is 0 Å². The lowest BCUT2D eigenvalue weighted by Gasteiger charge is -2.24. The molecule has 0 bridgehead atoms. The minimum absolute atomic E-state index is 0.484. The predicted molar refractivity (Wildman–Crippen MR) is 79.4 cm³/mol. The van der Waals surface area contributed by atoms with Gasteiger partial charge in [-0.1, -0.05) is 19.1 Å². The summed E-state index contributed by atoms with van der Waals surface area (Å²) in [5.41, 5.74) is 5.33. The lowest BCUT2D eigenvalue weighted by Crippen LogP contribution is -2.18. The van der Waals surface area contributed by atoms with Gasteiger partial charge in [-0.3, -0.25) is 4.98 Å². The quantitative estimate of drug-likeness (QED) is 0.859. The summed E-state index contributed by atoms with van der Waals surface area (Å²) in [6.45, 7) is 6.15. The highest BCUT2D eigenvalue weighted by atomic mass is 16.4. The molecule has 1 aliphatic carbocycles. The molecule has 0 aliphatic heterocycles. The van der Waals surface area contributed by atoms with Crippen LogP contribution in [0.15, 0.2) is 12.1 Å². The van der Waals surface area contributed by atoms with Gasteiger partial charge in [-0.25, -0.2) is 4.79 Å². The Kier molecular flexibility index (Phi) is 3.00. The lowest BCUT2D eigenvalue weighted by atomic mass is 9.83. The van der Waals surface area contributed by atoms with Crippen molar-refractivity contribution in [2.75, 3.05) is 0 Å². The van der Waals surface area contributed by atoms with Crippen LogP contribution in [0.4, 0.5) is 0 Å². The van der Waals surface area contributed by atoms with Gasteiger partial charge < -0.3 is 5.11 Å².